The van der Waals surface area contributed by atoms with Gasteiger partial charge in [0.05, 0.1) is 0 Å². The van der Waals surface area contributed by atoms with E-state index >= 15 is 0 Å². The Morgan fingerprint density at radius 2 is 0.634 bits per heavy atom. The zero-order chi connectivity index (χ0) is 49.0. The number of H-pyrrole nitrogens is 2. The van der Waals surface area contributed by atoms with Crippen molar-refractivity contribution in [2.45, 2.75) is 78.6 Å². The molecule has 0 amide bonds. The minimum atomic E-state index is -2.49. The molecule has 0 spiro atoms. The summed E-state index contributed by atoms with van der Waals surface area (Å²) in [6, 6.07) is 59.6. The summed E-state index contributed by atoms with van der Waals surface area (Å²) in [4.78, 5) is 40.0. The lowest BCUT2D eigenvalue weighted by Crippen LogP contribution is -2.38. The molecule has 3 aromatic heterocycles. The summed E-state index contributed by atoms with van der Waals surface area (Å²) in [6.07, 6.45) is 0. The number of nitrogens with zero attached hydrogens (tertiary/aromatic N) is 6. The van der Waals surface area contributed by atoms with E-state index in [9.17, 15) is 0 Å². The molecule has 8 nitrogen and oxygen atoms in total. The molecule has 12 rings (SSSR count). The lowest BCUT2D eigenvalue weighted by Gasteiger charge is -2.28. The van der Waals surface area contributed by atoms with Gasteiger partial charge in [-0.05, 0) is 106 Å². The second-order valence-corrected chi connectivity index (χ2v) is 25.5. The highest BCUT2D eigenvalue weighted by atomic mass is 31.2. The van der Waals surface area contributed by atoms with Crippen molar-refractivity contribution in [1.82, 2.24) is 39.9 Å². The van der Waals surface area contributed by atoms with E-state index in [0.717, 1.165) is 43.8 Å². The van der Waals surface area contributed by atoms with Crippen molar-refractivity contribution in [3.05, 3.63) is 180 Å². The molecule has 2 N–H and O–H groups in total. The third-order valence-electron chi connectivity index (χ3n) is 14.2. The summed E-state index contributed by atoms with van der Waals surface area (Å²) < 4.78 is 0. The van der Waals surface area contributed by atoms with Crippen molar-refractivity contribution in [2.24, 2.45) is 0 Å². The number of aromatic nitrogens is 8. The summed E-state index contributed by atoms with van der Waals surface area (Å²) in [5.74, 6) is 2.32. The second-order valence-electron chi connectivity index (χ2n) is 22.0. The van der Waals surface area contributed by atoms with Gasteiger partial charge in [0.2, 0.25) is 0 Å². The lowest BCUT2D eigenvalue weighted by molar-refractivity contribution is 0.590. The molecule has 8 bridgehead atoms. The average Bonchev–Trinajstić information content (AvgIpc) is 4.09. The average molecular weight is 944 g/mol. The number of hydrogen-bond acceptors (Lipinski definition) is 6. The maximum atomic E-state index is 5.55. The maximum absolute atomic E-state index is 5.55. The summed E-state index contributed by atoms with van der Waals surface area (Å²) in [7, 11) is -2.49. The number of hydrogen-bond donors (Lipinski definition) is 2. The van der Waals surface area contributed by atoms with Crippen LogP contribution in [0.1, 0.15) is 79.0 Å². The van der Waals surface area contributed by atoms with Crippen LogP contribution in [0.15, 0.2) is 164 Å². The van der Waals surface area contributed by atoms with Crippen molar-refractivity contribution >= 4 is 72.6 Å². The molecule has 348 valence electrons. The first kappa shape index (κ1) is 44.5. The predicted octanol–water partition coefficient (Wildman–Crippen LogP) is 13.4. The van der Waals surface area contributed by atoms with Gasteiger partial charge < -0.3 is 9.97 Å². The molecule has 0 saturated carbocycles. The maximum Gasteiger partial charge on any atom is 0.164 e. The van der Waals surface area contributed by atoms with Crippen LogP contribution in [0, 0.1) is 0 Å². The molecule has 10 aromatic rings. The van der Waals surface area contributed by atoms with Gasteiger partial charge in [-0.1, -0.05) is 153 Å². The summed E-state index contributed by atoms with van der Waals surface area (Å²) in [5.41, 5.74) is 9.62. The lowest BCUT2D eigenvalue weighted by atomic mass is 9.85. The molecule has 0 radical (unpaired) electrons. The Labute approximate surface area is 415 Å². The molecule has 9 heteroatoms. The molecule has 0 fully saturated rings. The standard InChI is InChI=1S/C62H56N8P/c1-60(2,3)37-25-29-44-48(33-37)56-63-52(44)65-57-50-35-39(62(7,8)9)27-31-46(50)54(67-57)69-59-51-36-43(71(40-19-13-10-14-20-40,41-21-15-11-16-22-41)42-23-17-12-18-24-42)28-32-47(51)55(70-59)68-58-49-34-38(61(4,5)6)26-30-45(49)53(64-56)66-58/h10-36H,1-9H3,(H2,63,64,65,66,67,68,69,70)/q+1. The molecule has 0 atom stereocenters. The van der Waals surface area contributed by atoms with E-state index in [1.807, 2.05) is 0 Å². The first-order valence-electron chi connectivity index (χ1n) is 24.5. The van der Waals surface area contributed by atoms with E-state index in [2.05, 4.69) is 236 Å². The summed E-state index contributed by atoms with van der Waals surface area (Å²) in [6.45, 7) is 20.1. The quantitative estimate of drug-likeness (QED) is 0.170. The van der Waals surface area contributed by atoms with E-state index in [1.54, 1.807) is 0 Å². The van der Waals surface area contributed by atoms with Gasteiger partial charge in [0.25, 0.3) is 0 Å². The van der Waals surface area contributed by atoms with Crippen molar-refractivity contribution < 1.29 is 0 Å². The van der Waals surface area contributed by atoms with Gasteiger partial charge in [0.1, 0.15) is 51.1 Å². The van der Waals surface area contributed by atoms with Crippen LogP contribution in [0.2, 0.25) is 0 Å². The van der Waals surface area contributed by atoms with E-state index in [0.29, 0.717) is 45.9 Å². The van der Waals surface area contributed by atoms with Crippen LogP contribution in [0.25, 0.3) is 89.7 Å². The molecule has 71 heavy (non-hydrogen) atoms. The Kier molecular flexibility index (Phi) is 10.2. The summed E-state index contributed by atoms with van der Waals surface area (Å²) >= 11 is 0. The third kappa shape index (κ3) is 7.46. The van der Waals surface area contributed by atoms with Crippen molar-refractivity contribution in [3.8, 4) is 45.6 Å². The van der Waals surface area contributed by atoms with Crippen molar-refractivity contribution in [1.29, 1.82) is 0 Å². The molecule has 0 unspecified atom stereocenters. The Morgan fingerprint density at radius 3 is 1.04 bits per heavy atom. The minimum absolute atomic E-state index is 0.0953. The van der Waals surface area contributed by atoms with E-state index in [4.69, 9.17) is 29.9 Å². The van der Waals surface area contributed by atoms with Gasteiger partial charge in [-0.15, -0.1) is 0 Å². The fourth-order valence-corrected chi connectivity index (χ4v) is 14.5. The first-order valence-corrected chi connectivity index (χ1v) is 26.3. The highest BCUT2D eigenvalue weighted by molar-refractivity contribution is 8.01. The third-order valence-corrected chi connectivity index (χ3v) is 18.5. The van der Waals surface area contributed by atoms with Gasteiger partial charge in [0, 0.05) is 43.8 Å². The van der Waals surface area contributed by atoms with Gasteiger partial charge in [-0.25, -0.2) is 29.9 Å². The normalized spacial score (nSPS) is 12.9. The van der Waals surface area contributed by atoms with Crippen LogP contribution in [-0.2, 0) is 16.2 Å². The van der Waals surface area contributed by atoms with E-state index in [1.165, 1.54) is 37.9 Å². The SMILES string of the molecule is CC(C)(C)c1ccc2c(c1)-c1nc-2nc2[nH]c(nc3nc(nc4[nH]c(n1)c1ccc(C(C)(C)C)cc41)-c1ccc([P+](c4ccccc4)(c4ccccc4)c4ccccc4)cc1-3)c1ccc(C(C)(C)C)cc21. The van der Waals surface area contributed by atoms with Crippen LogP contribution >= 0.6 is 7.26 Å². The second kappa shape index (κ2) is 16.2. The molecule has 0 saturated heterocycles. The smallest absolute Gasteiger partial charge is 0.164 e. The van der Waals surface area contributed by atoms with E-state index < -0.39 is 7.26 Å². The molecule has 2 aliphatic heterocycles. The van der Waals surface area contributed by atoms with Crippen molar-refractivity contribution in [2.75, 3.05) is 0 Å². The van der Waals surface area contributed by atoms with Gasteiger partial charge >= 0.3 is 0 Å². The number of benzene rings is 7. The highest BCUT2D eigenvalue weighted by Gasteiger charge is 2.48. The van der Waals surface area contributed by atoms with Gasteiger partial charge in [-0.2, -0.15) is 0 Å². The monoisotopic (exact) mass is 943 g/mol. The molecule has 2 aliphatic rings. The summed E-state index contributed by atoms with van der Waals surface area (Å²) in [5, 5.41) is 8.78. The molecule has 0 aliphatic carbocycles. The number of fused-ring (bicyclic) bond motifs is 20. The number of nitrogens with one attached hydrogen (secondary N) is 2. The molecular formula is C62H56N8P+. The van der Waals surface area contributed by atoms with Gasteiger partial charge in [-0.3, -0.25) is 0 Å². The Bertz CT molecular complexity index is 3810. The van der Waals surface area contributed by atoms with Crippen LogP contribution in [0.4, 0.5) is 0 Å². The Hall–Kier alpha value is -7.67. The fraction of sp³-hybridized carbons (Fsp3) is 0.194. The number of rotatable bonds is 4. The highest BCUT2D eigenvalue weighted by Crippen LogP contribution is 2.55. The van der Waals surface area contributed by atoms with Crippen LogP contribution < -0.4 is 21.2 Å². The Balaban J connectivity index is 1.22. The van der Waals surface area contributed by atoms with Crippen LogP contribution in [-0.4, -0.2) is 39.9 Å². The molecule has 7 aromatic carbocycles. The first-order chi connectivity index (χ1) is 34.0. The Morgan fingerprint density at radius 1 is 0.296 bits per heavy atom. The van der Waals surface area contributed by atoms with Gasteiger partial charge in [0.15, 0.2) is 23.3 Å². The van der Waals surface area contributed by atoms with E-state index in [-0.39, 0.29) is 16.2 Å². The molecular weight excluding hydrogens is 888 g/mol. The zero-order valence-corrected chi connectivity index (χ0v) is 42.6. The largest absolute Gasteiger partial charge is 0.324 e. The minimum Gasteiger partial charge on any atom is -0.324 e. The fourth-order valence-electron chi connectivity index (χ4n) is 10.2. The van der Waals surface area contributed by atoms with Crippen LogP contribution in [0.5, 0.6) is 0 Å². The van der Waals surface area contributed by atoms with Crippen molar-refractivity contribution in [3.63, 3.8) is 0 Å². The predicted molar refractivity (Wildman–Crippen MR) is 297 cm³/mol. The zero-order valence-electron chi connectivity index (χ0n) is 41.7. The molecule has 5 heterocycles. The van der Waals surface area contributed by atoms with Crippen LogP contribution in [0.3, 0.4) is 0 Å². The topological polar surface area (TPSA) is 109 Å². The number of aromatic amines is 2.